The maximum absolute atomic E-state index is 7.36. The third-order valence-corrected chi connectivity index (χ3v) is 10.1. The van der Waals surface area contributed by atoms with E-state index in [2.05, 4.69) is 34.6 Å². The molecule has 0 N–H and O–H groups in total. The summed E-state index contributed by atoms with van der Waals surface area (Å²) < 4.78 is 32.3. The van der Waals surface area contributed by atoms with Gasteiger partial charge in [0.15, 0.2) is 11.6 Å². The highest BCUT2D eigenvalue weighted by molar-refractivity contribution is 5.18. The van der Waals surface area contributed by atoms with Gasteiger partial charge in [0.05, 0.1) is 37.1 Å². The van der Waals surface area contributed by atoms with Crippen molar-refractivity contribution in [3.63, 3.8) is 0 Å². The van der Waals surface area contributed by atoms with Gasteiger partial charge in [-0.1, -0.05) is 20.8 Å². The van der Waals surface area contributed by atoms with Crippen LogP contribution in [0.2, 0.25) is 0 Å². The molecule has 5 fully saturated rings. The van der Waals surface area contributed by atoms with E-state index in [1.54, 1.807) is 0 Å². The second kappa shape index (κ2) is 6.91. The van der Waals surface area contributed by atoms with Gasteiger partial charge >= 0.3 is 0 Å². The van der Waals surface area contributed by atoms with Gasteiger partial charge in [-0.2, -0.15) is 0 Å². The lowest BCUT2D eigenvalue weighted by Gasteiger charge is -2.67. The van der Waals surface area contributed by atoms with Crippen LogP contribution >= 0.6 is 0 Å². The summed E-state index contributed by atoms with van der Waals surface area (Å²) in [6.45, 7) is 17.7. The third-order valence-electron chi connectivity index (χ3n) is 10.1. The summed E-state index contributed by atoms with van der Waals surface area (Å²) in [5, 5.41) is 0. The maximum Gasteiger partial charge on any atom is 0.163 e. The molecule has 0 unspecified atom stereocenters. The Bertz CT molecular complexity index is 721. The lowest BCUT2D eigenvalue weighted by molar-refractivity contribution is -0.359. The minimum absolute atomic E-state index is 0.0415. The number of hydrogen-bond donors (Lipinski definition) is 0. The molecule has 0 aromatic heterocycles. The van der Waals surface area contributed by atoms with Gasteiger partial charge in [0, 0.05) is 17.3 Å². The van der Waals surface area contributed by atoms with Crippen molar-refractivity contribution in [1.82, 2.24) is 0 Å². The Balaban J connectivity index is 1.47. The van der Waals surface area contributed by atoms with Crippen LogP contribution in [0.5, 0.6) is 0 Å². The molecule has 2 aliphatic carbocycles. The zero-order chi connectivity index (χ0) is 22.3. The fourth-order valence-electron chi connectivity index (χ4n) is 8.18. The van der Waals surface area contributed by atoms with Crippen molar-refractivity contribution in [2.24, 2.45) is 22.7 Å². The molecule has 178 valence electrons. The molecular weight excluding hydrogens is 392 g/mol. The van der Waals surface area contributed by atoms with E-state index < -0.39 is 11.6 Å². The highest BCUT2D eigenvalue weighted by Crippen LogP contribution is 2.69. The third kappa shape index (κ3) is 3.28. The molecule has 7 atom stereocenters. The highest BCUT2D eigenvalue weighted by Gasteiger charge is 2.70. The average Bonchev–Trinajstić information content (AvgIpc) is 3.00. The van der Waals surface area contributed by atoms with Crippen LogP contribution in [0.4, 0.5) is 0 Å². The number of hydrogen-bond acceptors (Lipinski definition) is 5. The Hall–Kier alpha value is -0.200. The predicted molar refractivity (Wildman–Crippen MR) is 119 cm³/mol. The molecule has 31 heavy (non-hydrogen) atoms. The van der Waals surface area contributed by atoms with Crippen LogP contribution < -0.4 is 0 Å². The van der Waals surface area contributed by atoms with E-state index >= 15 is 0 Å². The second-order valence-corrected chi connectivity index (χ2v) is 12.7. The van der Waals surface area contributed by atoms with E-state index in [4.69, 9.17) is 23.7 Å². The van der Waals surface area contributed by atoms with Crippen LogP contribution in [0.15, 0.2) is 0 Å². The van der Waals surface area contributed by atoms with Crippen LogP contribution in [0.25, 0.3) is 0 Å². The van der Waals surface area contributed by atoms with E-state index in [0.717, 1.165) is 38.7 Å². The molecule has 0 aromatic carbocycles. The van der Waals surface area contributed by atoms with Crippen molar-refractivity contribution in [3.8, 4) is 0 Å². The Morgan fingerprint density at radius 2 is 1.45 bits per heavy atom. The maximum atomic E-state index is 7.36. The summed E-state index contributed by atoms with van der Waals surface area (Å²) in [6, 6.07) is 0. The molecule has 0 radical (unpaired) electrons. The van der Waals surface area contributed by atoms with Gasteiger partial charge < -0.3 is 23.7 Å². The van der Waals surface area contributed by atoms with Crippen molar-refractivity contribution in [1.29, 1.82) is 0 Å². The minimum atomic E-state index is -0.525. The summed E-state index contributed by atoms with van der Waals surface area (Å²) in [5.41, 5.74) is -0.156. The molecule has 0 amide bonds. The molecule has 5 rings (SSSR count). The summed E-state index contributed by atoms with van der Waals surface area (Å²) >= 11 is 0. The van der Waals surface area contributed by atoms with E-state index in [0.29, 0.717) is 25.0 Å². The topological polar surface area (TPSA) is 46.2 Å². The van der Waals surface area contributed by atoms with Crippen LogP contribution in [0.1, 0.15) is 93.4 Å². The predicted octanol–water partition coefficient (Wildman–Crippen LogP) is 5.45. The quantitative estimate of drug-likeness (QED) is 0.505. The summed E-state index contributed by atoms with van der Waals surface area (Å²) in [4.78, 5) is 0. The van der Waals surface area contributed by atoms with Crippen molar-refractivity contribution >= 4 is 0 Å². The molecule has 5 nitrogen and oxygen atoms in total. The average molecular weight is 437 g/mol. The van der Waals surface area contributed by atoms with Gasteiger partial charge in [-0.3, -0.25) is 0 Å². The van der Waals surface area contributed by atoms with Crippen LogP contribution in [-0.2, 0) is 23.7 Å². The van der Waals surface area contributed by atoms with E-state index in [-0.39, 0.29) is 28.1 Å². The first-order chi connectivity index (χ1) is 14.4. The van der Waals surface area contributed by atoms with E-state index in [1.807, 2.05) is 13.8 Å². The Morgan fingerprint density at radius 3 is 2.23 bits per heavy atom. The van der Waals surface area contributed by atoms with E-state index in [9.17, 15) is 0 Å². The van der Waals surface area contributed by atoms with Gasteiger partial charge in [0.1, 0.15) is 0 Å². The molecule has 0 bridgehead atoms. The molecule has 3 saturated heterocycles. The first-order valence-corrected chi connectivity index (χ1v) is 12.7. The summed E-state index contributed by atoms with van der Waals surface area (Å²) in [5.74, 6) is 0.0890. The monoisotopic (exact) mass is 436 g/mol. The number of fused-ring (bicyclic) bond motifs is 4. The first kappa shape index (κ1) is 22.6. The Kier molecular flexibility index (Phi) is 5.04. The Labute approximate surface area is 188 Å². The standard InChI is InChI=1S/C26H44O5/c1-18-8-9-19-23(6)16-28-22(4,5)30-20(23)10-11-24(19,7)26(18)13-12-25(31-26)14-15-27-21(2,3)29-17-25/h18-20H,8-17H2,1-7H3/t18-,19-,20-,23+,24+,25-,26-/m1/s1. The normalized spacial score (nSPS) is 53.7. The molecule has 5 heteroatoms. The molecule has 2 spiro atoms. The van der Waals surface area contributed by atoms with Crippen molar-refractivity contribution in [2.45, 2.75) is 122 Å². The van der Waals surface area contributed by atoms with Gasteiger partial charge in [-0.05, 0) is 78.1 Å². The van der Waals surface area contributed by atoms with E-state index in [1.165, 1.54) is 12.8 Å². The zero-order valence-corrected chi connectivity index (χ0v) is 20.8. The molecule has 0 aromatic rings. The summed E-state index contributed by atoms with van der Waals surface area (Å²) in [6.07, 6.45) is 8.09. The molecule has 3 aliphatic heterocycles. The van der Waals surface area contributed by atoms with Gasteiger partial charge in [0.25, 0.3) is 0 Å². The van der Waals surface area contributed by atoms with Gasteiger partial charge in [-0.15, -0.1) is 0 Å². The second-order valence-electron chi connectivity index (χ2n) is 12.7. The smallest absolute Gasteiger partial charge is 0.163 e. The molecule has 3 heterocycles. The fraction of sp³-hybridized carbons (Fsp3) is 1.00. The van der Waals surface area contributed by atoms with Crippen molar-refractivity contribution in [2.75, 3.05) is 19.8 Å². The van der Waals surface area contributed by atoms with Gasteiger partial charge in [-0.25, -0.2) is 0 Å². The van der Waals surface area contributed by atoms with Crippen LogP contribution in [0.3, 0.4) is 0 Å². The number of rotatable bonds is 0. The minimum Gasteiger partial charge on any atom is -0.365 e. The molecule has 2 saturated carbocycles. The SMILES string of the molecule is C[C@@H]1CC[C@@H]2[C@]3(C)COC(C)(C)O[C@@H]3CC[C@]2(C)[C@@]12CC[C@]1(CCOC(C)(C)OC1)O2. The van der Waals surface area contributed by atoms with Crippen LogP contribution in [0, 0.1) is 22.7 Å². The molecular formula is C26H44O5. The first-order valence-electron chi connectivity index (χ1n) is 12.7. The van der Waals surface area contributed by atoms with Crippen molar-refractivity contribution in [3.05, 3.63) is 0 Å². The number of ether oxygens (including phenoxy) is 5. The lowest BCUT2D eigenvalue weighted by Crippen LogP contribution is -2.69. The lowest BCUT2D eigenvalue weighted by atomic mass is 9.43. The fourth-order valence-corrected chi connectivity index (χ4v) is 8.18. The van der Waals surface area contributed by atoms with Gasteiger partial charge in [0.2, 0.25) is 0 Å². The highest BCUT2D eigenvalue weighted by atomic mass is 16.7. The largest absolute Gasteiger partial charge is 0.365 e. The zero-order valence-electron chi connectivity index (χ0n) is 20.8. The van der Waals surface area contributed by atoms with Crippen molar-refractivity contribution < 1.29 is 23.7 Å². The Morgan fingerprint density at radius 1 is 0.710 bits per heavy atom. The molecule has 5 aliphatic rings. The summed E-state index contributed by atoms with van der Waals surface area (Å²) in [7, 11) is 0. The van der Waals surface area contributed by atoms with Crippen LogP contribution in [-0.4, -0.2) is 48.7 Å².